The van der Waals surface area contributed by atoms with Crippen molar-refractivity contribution in [2.75, 3.05) is 0 Å². The van der Waals surface area contributed by atoms with Gasteiger partial charge in [0.15, 0.2) is 0 Å². The van der Waals surface area contributed by atoms with E-state index >= 15 is 0 Å². The number of nitrogens with one attached hydrogen (secondary N) is 3. The van der Waals surface area contributed by atoms with Gasteiger partial charge in [0.05, 0.1) is 12.2 Å². The zero-order valence-electron chi connectivity index (χ0n) is 19.9. The van der Waals surface area contributed by atoms with Crippen molar-refractivity contribution in [3.05, 3.63) is 0 Å². The number of rotatable bonds is 4. The Balaban J connectivity index is 1.42. The van der Waals surface area contributed by atoms with E-state index in [9.17, 15) is 10.2 Å². The fourth-order valence-electron chi connectivity index (χ4n) is 9.70. The van der Waals surface area contributed by atoms with Crippen LogP contribution in [0.1, 0.15) is 85.5 Å². The first-order chi connectivity index (χ1) is 14.8. The van der Waals surface area contributed by atoms with Crippen molar-refractivity contribution in [2.45, 2.75) is 97.7 Å². The molecule has 6 heteroatoms. The smallest absolute Gasteiger partial charge is 0.139 e. The fraction of sp³-hybridized carbons (Fsp3) is 0.960. The largest absolute Gasteiger partial charge is 0.393 e. The van der Waals surface area contributed by atoms with Crippen LogP contribution < -0.4 is 16.5 Å². The predicted molar refractivity (Wildman–Crippen MR) is 122 cm³/mol. The summed E-state index contributed by atoms with van der Waals surface area (Å²) < 4.78 is 0. The molecule has 4 fully saturated rings. The molecule has 4 saturated carbocycles. The van der Waals surface area contributed by atoms with Crippen LogP contribution >= 0.6 is 0 Å². The molecule has 6 nitrogen and oxygen atoms in total. The van der Waals surface area contributed by atoms with Gasteiger partial charge in [-0.15, -0.1) is 10.6 Å². The van der Waals surface area contributed by atoms with E-state index in [1.807, 2.05) is 0 Å². The van der Waals surface area contributed by atoms with E-state index in [0.717, 1.165) is 37.9 Å². The first-order valence-electron chi connectivity index (χ1n) is 13.0. The molecule has 5 rings (SSSR count). The lowest BCUT2D eigenvalue weighted by Crippen LogP contribution is -2.62. The maximum atomic E-state index is 11.8. The van der Waals surface area contributed by atoms with Gasteiger partial charge >= 0.3 is 0 Å². The van der Waals surface area contributed by atoms with Crippen LogP contribution in [-0.2, 0) is 0 Å². The maximum Gasteiger partial charge on any atom is 0.139 e. The van der Waals surface area contributed by atoms with E-state index in [1.165, 1.54) is 25.7 Å². The molecule has 0 aromatic rings. The molecule has 0 radical (unpaired) electrons. The summed E-state index contributed by atoms with van der Waals surface area (Å²) in [5.41, 5.74) is 9.40. The van der Waals surface area contributed by atoms with Crippen molar-refractivity contribution in [2.24, 2.45) is 57.4 Å². The van der Waals surface area contributed by atoms with E-state index in [4.69, 9.17) is 0 Å². The van der Waals surface area contributed by atoms with Gasteiger partial charge in [-0.3, -0.25) is 5.43 Å². The number of aliphatic hydroxyl groups excluding tert-OH is 2. The molecule has 5 aliphatic rings. The van der Waals surface area contributed by atoms with Crippen molar-refractivity contribution in [1.29, 1.82) is 0 Å². The zero-order valence-corrected chi connectivity index (χ0v) is 19.9. The highest BCUT2D eigenvalue weighted by molar-refractivity contribution is 5.82. The molecule has 4 aliphatic carbocycles. The highest BCUT2D eigenvalue weighted by Crippen LogP contribution is 2.69. The minimum absolute atomic E-state index is 0.169. The first-order valence-corrected chi connectivity index (χ1v) is 13.0. The number of hydrogen-bond donors (Lipinski definition) is 5. The third-order valence-electron chi connectivity index (χ3n) is 11.1. The van der Waals surface area contributed by atoms with E-state index in [0.29, 0.717) is 46.8 Å². The van der Waals surface area contributed by atoms with E-state index in [-0.39, 0.29) is 17.6 Å². The average molecular weight is 433 g/mol. The van der Waals surface area contributed by atoms with E-state index < -0.39 is 0 Å². The topological polar surface area (TPSA) is 88.9 Å². The molecule has 1 heterocycles. The Morgan fingerprint density at radius 1 is 1.03 bits per heavy atom. The van der Waals surface area contributed by atoms with Crippen LogP contribution in [0.2, 0.25) is 0 Å². The second-order valence-electron chi connectivity index (χ2n) is 12.2. The van der Waals surface area contributed by atoms with Gasteiger partial charge in [-0.25, -0.2) is 5.53 Å². The number of hydrazone groups is 1. The van der Waals surface area contributed by atoms with Gasteiger partial charge in [-0.05, 0) is 97.2 Å². The summed E-state index contributed by atoms with van der Waals surface area (Å²) in [6.45, 7) is 9.74. The molecule has 0 aromatic heterocycles. The minimum Gasteiger partial charge on any atom is -0.393 e. The summed E-state index contributed by atoms with van der Waals surface area (Å²) in [7, 11) is 0. The van der Waals surface area contributed by atoms with Crippen molar-refractivity contribution < 1.29 is 10.2 Å². The summed E-state index contributed by atoms with van der Waals surface area (Å²) in [6, 6.07) is 0. The Hall–Kier alpha value is -0.850. The summed E-state index contributed by atoms with van der Waals surface area (Å²) in [5, 5.41) is 26.6. The minimum atomic E-state index is -0.202. The number of nitrogens with zero attached hydrogens (tertiary/aromatic N) is 1. The Bertz CT molecular complexity index is 716. The lowest BCUT2D eigenvalue weighted by atomic mass is 9.41. The van der Waals surface area contributed by atoms with E-state index in [1.54, 1.807) is 0 Å². The van der Waals surface area contributed by atoms with Crippen LogP contribution in [0.3, 0.4) is 0 Å². The number of hydrogen-bond acceptors (Lipinski definition) is 6. The molecular formula is C25H44N4O2. The molecule has 11 atom stereocenters. The van der Waals surface area contributed by atoms with Crippen LogP contribution in [0, 0.1) is 52.3 Å². The second kappa shape index (κ2) is 7.88. The number of hydrazine groups is 2. The third-order valence-corrected chi connectivity index (χ3v) is 11.1. The van der Waals surface area contributed by atoms with Crippen LogP contribution in [-0.4, -0.2) is 28.3 Å². The maximum absolute atomic E-state index is 11.8. The van der Waals surface area contributed by atoms with Crippen LogP contribution in [0.25, 0.3) is 0 Å². The average Bonchev–Trinajstić information content (AvgIpc) is 3.36. The van der Waals surface area contributed by atoms with Gasteiger partial charge in [-0.2, -0.15) is 0 Å². The molecule has 1 aliphatic heterocycles. The highest BCUT2D eigenvalue weighted by atomic mass is 16.3. The van der Waals surface area contributed by atoms with Gasteiger partial charge in [0.1, 0.15) is 5.84 Å². The van der Waals surface area contributed by atoms with Crippen molar-refractivity contribution in [1.82, 2.24) is 16.5 Å². The van der Waals surface area contributed by atoms with Gasteiger partial charge < -0.3 is 10.2 Å². The lowest BCUT2D eigenvalue weighted by Gasteiger charge is -2.64. The molecule has 31 heavy (non-hydrogen) atoms. The van der Waals surface area contributed by atoms with E-state index in [2.05, 4.69) is 49.3 Å². The SMILES string of the molecule is CC[C@H]1[C@@H](O)C2C3CC[C@H]([C@H](C)CC4=NNNN4)[C@@]3(C)CCC2[C@@]2(C)CC[C@@H](O)C[C@@H]12. The van der Waals surface area contributed by atoms with Crippen molar-refractivity contribution in [3.8, 4) is 0 Å². The Labute approximate surface area is 188 Å². The Morgan fingerprint density at radius 2 is 1.77 bits per heavy atom. The number of fused-ring (bicyclic) bond motifs is 5. The number of amidine groups is 1. The summed E-state index contributed by atoms with van der Waals surface area (Å²) >= 11 is 0. The lowest BCUT2D eigenvalue weighted by molar-refractivity contribution is -0.203. The van der Waals surface area contributed by atoms with Gasteiger partial charge in [0.2, 0.25) is 0 Å². The Kier molecular flexibility index (Phi) is 5.58. The summed E-state index contributed by atoms with van der Waals surface area (Å²) in [6.07, 6.45) is 9.70. The Morgan fingerprint density at radius 3 is 2.48 bits per heavy atom. The molecule has 0 aromatic carbocycles. The van der Waals surface area contributed by atoms with Gasteiger partial charge in [-0.1, -0.05) is 34.1 Å². The number of aliphatic hydroxyl groups is 2. The zero-order chi connectivity index (χ0) is 22.0. The molecule has 0 saturated heterocycles. The molecular weight excluding hydrogens is 388 g/mol. The molecule has 0 spiro atoms. The second-order valence-corrected chi connectivity index (χ2v) is 12.2. The van der Waals surface area contributed by atoms with Crippen LogP contribution in [0.4, 0.5) is 0 Å². The predicted octanol–water partition coefficient (Wildman–Crippen LogP) is 3.57. The molecule has 5 N–H and O–H groups in total. The van der Waals surface area contributed by atoms with Crippen LogP contribution in [0.5, 0.6) is 0 Å². The quantitative estimate of drug-likeness (QED) is 0.469. The van der Waals surface area contributed by atoms with Crippen molar-refractivity contribution in [3.63, 3.8) is 0 Å². The van der Waals surface area contributed by atoms with Gasteiger partial charge in [0, 0.05) is 6.42 Å². The fourth-order valence-corrected chi connectivity index (χ4v) is 9.70. The monoisotopic (exact) mass is 432 g/mol. The van der Waals surface area contributed by atoms with Gasteiger partial charge in [0.25, 0.3) is 0 Å². The summed E-state index contributed by atoms with van der Waals surface area (Å²) in [5.74, 6) is 4.77. The molecule has 3 unspecified atom stereocenters. The molecule has 0 amide bonds. The standard InChI is InChI=1S/C25H44N4O2/c1-5-16-20-13-15(30)8-10-25(20,4)19-9-11-24(3)17(6-7-18(24)22(19)23(16)31)14(2)12-21-26-28-29-27-21/h14-20,22-23,28-31H,5-13H2,1-4H3,(H,26,27)/t14-,15-,16-,17-,18?,19?,20+,22?,23-,24-,25-/m1/s1. The summed E-state index contributed by atoms with van der Waals surface area (Å²) in [4.78, 5) is 0. The molecule has 0 bridgehead atoms. The first kappa shape index (κ1) is 22.0. The highest BCUT2D eigenvalue weighted by Gasteiger charge is 2.64. The third kappa shape index (κ3) is 3.26. The molecule has 176 valence electrons. The normalized spacial score (nSPS) is 52.3. The van der Waals surface area contributed by atoms with Crippen molar-refractivity contribution >= 4 is 5.84 Å². The van der Waals surface area contributed by atoms with Crippen LogP contribution in [0.15, 0.2) is 5.10 Å².